The molecule has 20 heavy (non-hydrogen) atoms. The molecule has 0 aromatic carbocycles. The molecule has 2 rings (SSSR count). The topological polar surface area (TPSA) is 59.0 Å². The Morgan fingerprint density at radius 1 is 1.45 bits per heavy atom. The fourth-order valence-electron chi connectivity index (χ4n) is 2.53. The van der Waals surface area contributed by atoms with Crippen LogP contribution in [0.3, 0.4) is 0 Å². The van der Waals surface area contributed by atoms with Crippen molar-refractivity contribution in [3.05, 3.63) is 16.4 Å². The molecule has 0 radical (unpaired) electrons. The predicted octanol–water partition coefficient (Wildman–Crippen LogP) is 2.98. The van der Waals surface area contributed by atoms with Crippen molar-refractivity contribution in [2.45, 2.75) is 58.0 Å². The largest absolute Gasteiger partial charge is 0.338 e. The first kappa shape index (κ1) is 15.4. The van der Waals surface area contributed by atoms with Crippen molar-refractivity contribution in [3.8, 4) is 0 Å². The molecule has 0 spiro atoms. The summed E-state index contributed by atoms with van der Waals surface area (Å²) >= 11 is 3.44. The van der Waals surface area contributed by atoms with E-state index < -0.39 is 0 Å². The van der Waals surface area contributed by atoms with Crippen molar-refractivity contribution >= 4 is 22.0 Å². The van der Waals surface area contributed by atoms with Crippen LogP contribution in [0.4, 0.5) is 4.79 Å². The molecule has 0 bridgehead atoms. The van der Waals surface area contributed by atoms with Crippen LogP contribution in [-0.4, -0.2) is 28.4 Å². The second-order valence-corrected chi connectivity index (χ2v) is 6.27. The molecular formula is C14H23BrN4O. The number of nitrogens with zero attached hydrogens (tertiary/aromatic N) is 2. The number of rotatable bonds is 5. The van der Waals surface area contributed by atoms with Crippen molar-refractivity contribution in [3.63, 3.8) is 0 Å². The Kier molecular flexibility index (Phi) is 5.88. The van der Waals surface area contributed by atoms with Crippen molar-refractivity contribution in [1.29, 1.82) is 0 Å². The lowest BCUT2D eigenvalue weighted by atomic mass is 9.96. The first-order valence-corrected chi connectivity index (χ1v) is 8.18. The molecule has 2 N–H and O–H groups in total. The predicted molar refractivity (Wildman–Crippen MR) is 82.7 cm³/mol. The zero-order valence-electron chi connectivity index (χ0n) is 12.0. The fraction of sp³-hybridized carbons (Fsp3) is 0.714. The summed E-state index contributed by atoms with van der Waals surface area (Å²) in [6.45, 7) is 3.46. The van der Waals surface area contributed by atoms with Crippen molar-refractivity contribution < 1.29 is 4.79 Å². The Morgan fingerprint density at radius 3 is 2.85 bits per heavy atom. The van der Waals surface area contributed by atoms with Crippen LogP contribution >= 0.6 is 15.9 Å². The van der Waals surface area contributed by atoms with Gasteiger partial charge in [-0.25, -0.2) is 4.79 Å². The number of aromatic nitrogens is 2. The molecule has 6 heteroatoms. The second-order valence-electron chi connectivity index (χ2n) is 5.41. The van der Waals surface area contributed by atoms with Gasteiger partial charge in [0.15, 0.2) is 0 Å². The molecule has 1 aliphatic carbocycles. The van der Waals surface area contributed by atoms with Crippen LogP contribution in [-0.2, 0) is 6.54 Å². The quantitative estimate of drug-likeness (QED) is 0.808. The molecule has 1 aliphatic rings. The van der Waals surface area contributed by atoms with Gasteiger partial charge in [-0.2, -0.15) is 5.10 Å². The number of nitrogens with one attached hydrogen (secondary N) is 2. The number of carbonyl (C=O) groups is 1. The summed E-state index contributed by atoms with van der Waals surface area (Å²) in [5.74, 6) is 0. The van der Waals surface area contributed by atoms with E-state index in [1.807, 2.05) is 17.8 Å². The summed E-state index contributed by atoms with van der Waals surface area (Å²) in [5.41, 5.74) is 0.994. The van der Waals surface area contributed by atoms with Crippen molar-refractivity contribution in [2.24, 2.45) is 0 Å². The van der Waals surface area contributed by atoms with Gasteiger partial charge in [0.25, 0.3) is 0 Å². The summed E-state index contributed by atoms with van der Waals surface area (Å²) in [4.78, 5) is 11.7. The van der Waals surface area contributed by atoms with Crippen LogP contribution in [0.2, 0.25) is 0 Å². The maximum absolute atomic E-state index is 11.7. The SMILES string of the molecule is Cc1nn(CCCNC(=O)NC2CCCCC2)cc1Br. The summed E-state index contributed by atoms with van der Waals surface area (Å²) < 4.78 is 2.93. The molecule has 0 atom stereocenters. The maximum atomic E-state index is 11.7. The van der Waals surface area contributed by atoms with Crippen LogP contribution in [0.25, 0.3) is 0 Å². The number of hydrogen-bond acceptors (Lipinski definition) is 2. The minimum atomic E-state index is -0.0327. The van der Waals surface area contributed by atoms with Crippen molar-refractivity contribution in [2.75, 3.05) is 6.54 Å². The molecule has 1 fully saturated rings. The highest BCUT2D eigenvalue weighted by molar-refractivity contribution is 9.10. The van der Waals surface area contributed by atoms with E-state index in [4.69, 9.17) is 0 Å². The molecule has 112 valence electrons. The third kappa shape index (κ3) is 4.81. The first-order chi connectivity index (χ1) is 9.65. The van der Waals surface area contributed by atoms with Gasteiger partial charge in [0.1, 0.15) is 0 Å². The third-order valence-corrected chi connectivity index (χ3v) is 4.45. The Morgan fingerprint density at radius 2 is 2.20 bits per heavy atom. The van der Waals surface area contributed by atoms with Gasteiger partial charge in [-0.05, 0) is 42.1 Å². The lowest BCUT2D eigenvalue weighted by molar-refractivity contribution is 0.232. The molecule has 0 saturated heterocycles. The average Bonchev–Trinajstić information content (AvgIpc) is 2.75. The van der Waals surface area contributed by atoms with E-state index in [1.165, 1.54) is 19.3 Å². The Balaban J connectivity index is 1.59. The Labute approximate surface area is 128 Å². The highest BCUT2D eigenvalue weighted by Gasteiger charge is 2.14. The number of amides is 2. The molecule has 2 amide bonds. The standard InChI is InChI=1S/C14H23BrN4O/c1-11-13(15)10-19(18-11)9-5-8-16-14(20)17-12-6-3-2-4-7-12/h10,12H,2-9H2,1H3,(H2,16,17,20). The van der Waals surface area contributed by atoms with Gasteiger partial charge in [0.2, 0.25) is 0 Å². The first-order valence-electron chi connectivity index (χ1n) is 7.39. The normalized spacial score (nSPS) is 16.1. The van der Waals surface area contributed by atoms with Gasteiger partial charge in [0, 0.05) is 25.3 Å². The van der Waals surface area contributed by atoms with E-state index in [-0.39, 0.29) is 6.03 Å². The number of carbonyl (C=O) groups excluding carboxylic acids is 1. The van der Waals surface area contributed by atoms with E-state index >= 15 is 0 Å². The van der Waals surface area contributed by atoms with Crippen LogP contribution in [0.15, 0.2) is 10.7 Å². The molecule has 1 aromatic rings. The van der Waals surface area contributed by atoms with Crippen LogP contribution < -0.4 is 10.6 Å². The van der Waals surface area contributed by atoms with Crippen LogP contribution in [0.5, 0.6) is 0 Å². The molecule has 5 nitrogen and oxygen atoms in total. The lowest BCUT2D eigenvalue weighted by Gasteiger charge is -2.22. The number of halogens is 1. The number of hydrogen-bond donors (Lipinski definition) is 2. The zero-order chi connectivity index (χ0) is 14.4. The van der Waals surface area contributed by atoms with Gasteiger partial charge < -0.3 is 10.6 Å². The molecule has 0 aliphatic heterocycles. The summed E-state index contributed by atoms with van der Waals surface area (Å²) in [6.07, 6.45) is 8.86. The van der Waals surface area contributed by atoms with E-state index in [0.29, 0.717) is 12.6 Å². The monoisotopic (exact) mass is 342 g/mol. The molecule has 1 saturated carbocycles. The van der Waals surface area contributed by atoms with Gasteiger partial charge in [-0.3, -0.25) is 4.68 Å². The average molecular weight is 343 g/mol. The Hall–Kier alpha value is -1.04. The van der Waals surface area contributed by atoms with E-state index in [1.54, 1.807) is 0 Å². The van der Waals surface area contributed by atoms with Gasteiger partial charge in [0.05, 0.1) is 10.2 Å². The second kappa shape index (κ2) is 7.67. The molecule has 1 heterocycles. The minimum Gasteiger partial charge on any atom is -0.338 e. The van der Waals surface area contributed by atoms with Gasteiger partial charge in [-0.15, -0.1) is 0 Å². The minimum absolute atomic E-state index is 0.0327. The third-order valence-electron chi connectivity index (χ3n) is 3.68. The molecular weight excluding hydrogens is 320 g/mol. The van der Waals surface area contributed by atoms with E-state index in [9.17, 15) is 4.79 Å². The van der Waals surface area contributed by atoms with Gasteiger partial charge >= 0.3 is 6.03 Å². The Bertz CT molecular complexity index is 421. The van der Waals surface area contributed by atoms with E-state index in [0.717, 1.165) is 36.0 Å². The summed E-state index contributed by atoms with van der Waals surface area (Å²) in [6, 6.07) is 0.336. The molecule has 1 aromatic heterocycles. The number of aryl methyl sites for hydroxylation is 2. The highest BCUT2D eigenvalue weighted by Crippen LogP contribution is 2.17. The molecule has 0 unspecified atom stereocenters. The lowest BCUT2D eigenvalue weighted by Crippen LogP contribution is -2.43. The van der Waals surface area contributed by atoms with Crippen molar-refractivity contribution in [1.82, 2.24) is 20.4 Å². The van der Waals surface area contributed by atoms with Crippen LogP contribution in [0, 0.1) is 6.92 Å². The van der Waals surface area contributed by atoms with Crippen LogP contribution in [0.1, 0.15) is 44.2 Å². The maximum Gasteiger partial charge on any atom is 0.315 e. The summed E-state index contributed by atoms with van der Waals surface area (Å²) in [7, 11) is 0. The zero-order valence-corrected chi connectivity index (χ0v) is 13.6. The number of urea groups is 1. The fourth-order valence-corrected chi connectivity index (χ4v) is 2.85. The smallest absolute Gasteiger partial charge is 0.315 e. The summed E-state index contributed by atoms with van der Waals surface area (Å²) in [5, 5.41) is 10.3. The van der Waals surface area contributed by atoms with Gasteiger partial charge in [-0.1, -0.05) is 19.3 Å². The highest BCUT2D eigenvalue weighted by atomic mass is 79.9. The van der Waals surface area contributed by atoms with E-state index in [2.05, 4.69) is 31.7 Å².